The number of hydrogen-bond donors (Lipinski definition) is 1. The Balaban J connectivity index is 2.25. The minimum absolute atomic E-state index is 0.0793. The molecule has 0 aromatic carbocycles. The molecule has 122 valence electrons. The molecule has 3 atom stereocenters. The van der Waals surface area contributed by atoms with Gasteiger partial charge in [0, 0.05) is 6.42 Å². The molecule has 4 heteroatoms. The lowest BCUT2D eigenvalue weighted by molar-refractivity contribution is -0.223. The number of aliphatic hydroxyl groups is 1. The minimum Gasteiger partial charge on any atom is -0.409 e. The summed E-state index contributed by atoms with van der Waals surface area (Å²) in [7, 11) is -1.89. The van der Waals surface area contributed by atoms with E-state index in [2.05, 4.69) is 48.5 Å². The minimum atomic E-state index is -1.89. The lowest BCUT2D eigenvalue weighted by Gasteiger charge is -2.51. The van der Waals surface area contributed by atoms with E-state index in [-0.39, 0.29) is 12.2 Å². The number of fused-ring (bicyclic) bond motifs is 1. The molecule has 0 radical (unpaired) electrons. The third-order valence-corrected chi connectivity index (χ3v) is 11.6. The van der Waals surface area contributed by atoms with Crippen LogP contribution >= 0.6 is 0 Å². The van der Waals surface area contributed by atoms with Gasteiger partial charge in [-0.1, -0.05) is 41.5 Å². The fourth-order valence-corrected chi connectivity index (χ4v) is 10.0. The second-order valence-corrected chi connectivity index (χ2v) is 13.2. The Kier molecular flexibility index (Phi) is 4.75. The fraction of sp³-hybridized carbons (Fsp3) is 0.882. The molecular formula is C17H32O3Si. The summed E-state index contributed by atoms with van der Waals surface area (Å²) in [5.41, 5.74) is 2.17. The molecule has 0 aromatic rings. The Bertz CT molecular complexity index is 394. The van der Waals surface area contributed by atoms with Crippen LogP contribution in [0.25, 0.3) is 0 Å². The van der Waals surface area contributed by atoms with E-state index in [4.69, 9.17) is 9.16 Å². The third-order valence-electron chi connectivity index (χ3n) is 5.54. The lowest BCUT2D eigenvalue weighted by atomic mass is 9.80. The molecule has 0 saturated carbocycles. The Morgan fingerprint density at radius 2 is 1.71 bits per heavy atom. The van der Waals surface area contributed by atoms with E-state index < -0.39 is 13.9 Å². The zero-order valence-electron chi connectivity index (χ0n) is 14.6. The molecule has 0 unspecified atom stereocenters. The van der Waals surface area contributed by atoms with Crippen molar-refractivity contribution >= 4 is 8.32 Å². The monoisotopic (exact) mass is 312 g/mol. The Morgan fingerprint density at radius 3 is 2.10 bits per heavy atom. The molecule has 1 aliphatic carbocycles. The molecule has 1 fully saturated rings. The standard InChI is InChI=1S/C17H32O3Si/c1-11(2)21(12(3)4,13(5)6)20-15-8-16-17(18,10-19-16)9-14(15)7/h9,11-13,15-16,18H,8,10H2,1-7H3/t15-,16-,17+/m1/s1. The second kappa shape index (κ2) is 5.80. The Labute approximate surface area is 130 Å². The second-order valence-electron chi connectivity index (χ2n) is 7.84. The third kappa shape index (κ3) is 2.76. The van der Waals surface area contributed by atoms with Gasteiger partial charge in [0.2, 0.25) is 8.32 Å². The molecule has 2 aliphatic rings. The summed E-state index contributed by atoms with van der Waals surface area (Å²) in [5.74, 6) is 0. The molecule has 1 aliphatic heterocycles. The largest absolute Gasteiger partial charge is 0.409 e. The molecular weight excluding hydrogens is 280 g/mol. The number of hydrogen-bond acceptors (Lipinski definition) is 3. The van der Waals surface area contributed by atoms with Crippen molar-refractivity contribution < 1.29 is 14.3 Å². The predicted molar refractivity (Wildman–Crippen MR) is 89.0 cm³/mol. The molecule has 3 nitrogen and oxygen atoms in total. The normalized spacial score (nSPS) is 33.2. The number of rotatable bonds is 5. The highest BCUT2D eigenvalue weighted by Gasteiger charge is 2.52. The first-order chi connectivity index (χ1) is 9.63. The van der Waals surface area contributed by atoms with Crippen molar-refractivity contribution in [3.63, 3.8) is 0 Å². The van der Waals surface area contributed by atoms with Crippen LogP contribution in [0.1, 0.15) is 54.9 Å². The van der Waals surface area contributed by atoms with E-state index in [0.29, 0.717) is 23.2 Å². The maximum absolute atomic E-state index is 10.4. The van der Waals surface area contributed by atoms with Gasteiger partial charge < -0.3 is 14.3 Å². The van der Waals surface area contributed by atoms with Gasteiger partial charge in [-0.15, -0.1) is 0 Å². The summed E-state index contributed by atoms with van der Waals surface area (Å²) >= 11 is 0. The first kappa shape index (κ1) is 17.2. The van der Waals surface area contributed by atoms with Gasteiger partial charge in [-0.05, 0) is 35.2 Å². The first-order valence-electron chi connectivity index (χ1n) is 8.34. The van der Waals surface area contributed by atoms with Gasteiger partial charge in [0.15, 0.2) is 0 Å². The number of ether oxygens (including phenoxy) is 1. The van der Waals surface area contributed by atoms with Crippen LogP contribution in [-0.2, 0) is 9.16 Å². The lowest BCUT2D eigenvalue weighted by Crippen LogP contribution is -2.62. The Hall–Kier alpha value is -0.163. The summed E-state index contributed by atoms with van der Waals surface area (Å²) in [5, 5.41) is 10.4. The van der Waals surface area contributed by atoms with Crippen LogP contribution < -0.4 is 0 Å². The van der Waals surface area contributed by atoms with Gasteiger partial charge in [-0.25, -0.2) is 0 Å². The summed E-state index contributed by atoms with van der Waals surface area (Å²) < 4.78 is 12.4. The summed E-state index contributed by atoms with van der Waals surface area (Å²) in [6, 6.07) is 0. The average molecular weight is 313 g/mol. The molecule has 0 bridgehead atoms. The maximum atomic E-state index is 10.4. The van der Waals surface area contributed by atoms with E-state index in [1.165, 1.54) is 5.57 Å². The van der Waals surface area contributed by atoms with Crippen LogP contribution in [-0.4, -0.2) is 37.8 Å². The molecule has 0 spiro atoms. The van der Waals surface area contributed by atoms with Crippen molar-refractivity contribution in [1.82, 2.24) is 0 Å². The smallest absolute Gasteiger partial charge is 0.201 e. The van der Waals surface area contributed by atoms with Gasteiger partial charge in [0.05, 0.1) is 18.8 Å². The van der Waals surface area contributed by atoms with Crippen LogP contribution in [0.4, 0.5) is 0 Å². The van der Waals surface area contributed by atoms with E-state index in [1.54, 1.807) is 0 Å². The summed E-state index contributed by atoms with van der Waals surface area (Å²) in [4.78, 5) is 0. The topological polar surface area (TPSA) is 38.7 Å². The van der Waals surface area contributed by atoms with Crippen LogP contribution in [0.15, 0.2) is 11.6 Å². The van der Waals surface area contributed by atoms with E-state index >= 15 is 0 Å². The summed E-state index contributed by atoms with van der Waals surface area (Å²) in [6.45, 7) is 16.4. The highest BCUT2D eigenvalue weighted by atomic mass is 28.4. The first-order valence-corrected chi connectivity index (χ1v) is 10.5. The zero-order valence-corrected chi connectivity index (χ0v) is 15.6. The highest BCUT2D eigenvalue weighted by Crippen LogP contribution is 2.46. The van der Waals surface area contributed by atoms with E-state index in [9.17, 15) is 5.11 Å². The van der Waals surface area contributed by atoms with Crippen molar-refractivity contribution in [2.24, 2.45) is 0 Å². The Morgan fingerprint density at radius 1 is 1.19 bits per heavy atom. The van der Waals surface area contributed by atoms with Crippen molar-refractivity contribution in [3.8, 4) is 0 Å². The van der Waals surface area contributed by atoms with Gasteiger partial charge in [-0.2, -0.15) is 0 Å². The molecule has 1 N–H and O–H groups in total. The van der Waals surface area contributed by atoms with Crippen molar-refractivity contribution in [2.45, 2.75) is 89.3 Å². The zero-order chi connectivity index (χ0) is 16.0. The van der Waals surface area contributed by atoms with Gasteiger partial charge in [-0.3, -0.25) is 0 Å². The van der Waals surface area contributed by atoms with Gasteiger partial charge in [0.1, 0.15) is 5.60 Å². The van der Waals surface area contributed by atoms with Crippen molar-refractivity contribution in [3.05, 3.63) is 11.6 Å². The van der Waals surface area contributed by atoms with Gasteiger partial charge in [0.25, 0.3) is 0 Å². The average Bonchev–Trinajstić information content (AvgIpc) is 2.34. The predicted octanol–water partition coefficient (Wildman–Crippen LogP) is 4.03. The van der Waals surface area contributed by atoms with E-state index in [1.807, 2.05) is 6.08 Å². The molecule has 2 rings (SSSR count). The quantitative estimate of drug-likeness (QED) is 0.615. The highest BCUT2D eigenvalue weighted by molar-refractivity contribution is 6.77. The van der Waals surface area contributed by atoms with E-state index in [0.717, 1.165) is 6.42 Å². The van der Waals surface area contributed by atoms with Crippen LogP contribution in [0.2, 0.25) is 16.6 Å². The van der Waals surface area contributed by atoms with Crippen molar-refractivity contribution in [2.75, 3.05) is 6.61 Å². The SMILES string of the molecule is CC1=C[C@]2(O)CO[C@@H]2C[C@H]1O[Si](C(C)C)(C(C)C)C(C)C. The van der Waals surface area contributed by atoms with Gasteiger partial charge >= 0.3 is 0 Å². The summed E-state index contributed by atoms with van der Waals surface area (Å²) in [6.07, 6.45) is 2.80. The van der Waals surface area contributed by atoms with Crippen LogP contribution in [0, 0.1) is 0 Å². The van der Waals surface area contributed by atoms with Crippen molar-refractivity contribution in [1.29, 1.82) is 0 Å². The molecule has 21 heavy (non-hydrogen) atoms. The molecule has 0 aromatic heterocycles. The van der Waals surface area contributed by atoms with Crippen LogP contribution in [0.3, 0.4) is 0 Å². The molecule has 1 saturated heterocycles. The fourth-order valence-electron chi connectivity index (χ4n) is 4.44. The molecule has 1 heterocycles. The molecule has 0 amide bonds. The maximum Gasteiger partial charge on any atom is 0.201 e. The van der Waals surface area contributed by atoms with Crippen LogP contribution in [0.5, 0.6) is 0 Å².